The maximum absolute atomic E-state index is 13.0. The molecule has 16 heavy (non-hydrogen) atoms. The quantitative estimate of drug-likeness (QED) is 0.574. The average molecular weight is 239 g/mol. The second-order valence-electron chi connectivity index (χ2n) is 3.97. The molecule has 4 nitrogen and oxygen atoms in total. The summed E-state index contributed by atoms with van der Waals surface area (Å²) in [6.45, 7) is 1.41. The maximum Gasteiger partial charge on any atom is 0.398 e. The van der Waals surface area contributed by atoms with Gasteiger partial charge in [-0.3, -0.25) is 5.41 Å². The molecular formula is C9H16F3N3O. The number of likely N-dealkylation sites (tertiary alicyclic amines) is 1. The van der Waals surface area contributed by atoms with Crippen molar-refractivity contribution >= 4 is 5.96 Å². The van der Waals surface area contributed by atoms with Gasteiger partial charge in [0.25, 0.3) is 0 Å². The van der Waals surface area contributed by atoms with Crippen LogP contribution in [-0.4, -0.2) is 43.3 Å². The van der Waals surface area contributed by atoms with Gasteiger partial charge in [-0.2, -0.15) is 13.2 Å². The Morgan fingerprint density at radius 3 is 2.56 bits per heavy atom. The van der Waals surface area contributed by atoms with Crippen molar-refractivity contribution in [3.63, 3.8) is 0 Å². The Kier molecular flexibility index (Phi) is 3.67. The third kappa shape index (κ3) is 2.40. The van der Waals surface area contributed by atoms with Crippen LogP contribution in [0.1, 0.15) is 13.3 Å². The summed E-state index contributed by atoms with van der Waals surface area (Å²) >= 11 is 0. The largest absolute Gasteiger partial charge is 0.398 e. The summed E-state index contributed by atoms with van der Waals surface area (Å²) in [5.74, 6) is -0.317. The fraction of sp³-hybridized carbons (Fsp3) is 0.889. The number of hydrogen-bond acceptors (Lipinski definition) is 2. The Morgan fingerprint density at radius 2 is 2.19 bits per heavy atom. The van der Waals surface area contributed by atoms with Crippen LogP contribution in [0, 0.1) is 10.8 Å². The molecule has 3 N–H and O–H groups in total. The van der Waals surface area contributed by atoms with E-state index in [9.17, 15) is 13.2 Å². The molecule has 7 heteroatoms. The van der Waals surface area contributed by atoms with Crippen LogP contribution in [0.4, 0.5) is 13.2 Å². The third-order valence-corrected chi connectivity index (χ3v) is 2.88. The zero-order valence-corrected chi connectivity index (χ0v) is 9.10. The van der Waals surface area contributed by atoms with Crippen LogP contribution >= 0.6 is 0 Å². The van der Waals surface area contributed by atoms with E-state index in [-0.39, 0.29) is 38.7 Å². The van der Waals surface area contributed by atoms with Gasteiger partial charge in [-0.15, -0.1) is 0 Å². The highest BCUT2D eigenvalue weighted by atomic mass is 19.4. The van der Waals surface area contributed by atoms with Crippen molar-refractivity contribution in [2.45, 2.75) is 19.5 Å². The van der Waals surface area contributed by atoms with E-state index in [0.717, 1.165) is 0 Å². The topological polar surface area (TPSA) is 62.3 Å². The van der Waals surface area contributed by atoms with Gasteiger partial charge < -0.3 is 15.4 Å². The van der Waals surface area contributed by atoms with Gasteiger partial charge in [0.2, 0.25) is 0 Å². The summed E-state index contributed by atoms with van der Waals surface area (Å²) in [4.78, 5) is 1.23. The first-order valence-corrected chi connectivity index (χ1v) is 5.06. The molecule has 0 spiro atoms. The van der Waals surface area contributed by atoms with E-state index in [1.165, 1.54) is 4.90 Å². The van der Waals surface area contributed by atoms with E-state index in [1.54, 1.807) is 6.92 Å². The van der Waals surface area contributed by atoms with Crippen LogP contribution in [-0.2, 0) is 4.74 Å². The number of hydrogen-bond donors (Lipinski definition) is 2. The second kappa shape index (κ2) is 4.48. The standard InChI is InChI=1S/C9H16F3N3O/c1-2-16-6-8(9(10,11)12)3-4-15(5-8)7(13)14/h2-6H2,1H3,(H3,13,14). The predicted octanol–water partition coefficient (Wildman–Crippen LogP) is 1.17. The molecule has 0 radical (unpaired) electrons. The molecule has 1 rings (SSSR count). The zero-order valence-electron chi connectivity index (χ0n) is 9.10. The Balaban J connectivity index is 2.79. The lowest BCUT2D eigenvalue weighted by Gasteiger charge is -2.31. The van der Waals surface area contributed by atoms with Crippen molar-refractivity contribution in [1.82, 2.24) is 4.90 Å². The van der Waals surface area contributed by atoms with Gasteiger partial charge >= 0.3 is 6.18 Å². The fourth-order valence-corrected chi connectivity index (χ4v) is 1.81. The lowest BCUT2D eigenvalue weighted by molar-refractivity contribution is -0.234. The van der Waals surface area contributed by atoms with Crippen LogP contribution < -0.4 is 5.73 Å². The highest BCUT2D eigenvalue weighted by molar-refractivity contribution is 5.75. The highest BCUT2D eigenvalue weighted by Crippen LogP contribution is 2.45. The van der Waals surface area contributed by atoms with Crippen molar-refractivity contribution in [3.05, 3.63) is 0 Å². The predicted molar refractivity (Wildman–Crippen MR) is 53.1 cm³/mol. The fourth-order valence-electron chi connectivity index (χ4n) is 1.81. The smallest absolute Gasteiger partial charge is 0.381 e. The normalized spacial score (nSPS) is 26.1. The molecule has 1 aliphatic rings. The molecule has 1 saturated heterocycles. The lowest BCUT2D eigenvalue weighted by Crippen LogP contribution is -2.46. The molecular weight excluding hydrogens is 223 g/mol. The Hall–Kier alpha value is -0.980. The number of ether oxygens (including phenoxy) is 1. The van der Waals surface area contributed by atoms with E-state index in [0.29, 0.717) is 0 Å². The summed E-state index contributed by atoms with van der Waals surface area (Å²) in [6, 6.07) is 0. The Bertz CT molecular complexity index is 269. The van der Waals surface area contributed by atoms with E-state index >= 15 is 0 Å². The molecule has 1 fully saturated rings. The van der Waals surface area contributed by atoms with Gasteiger partial charge in [0.1, 0.15) is 5.41 Å². The first-order valence-electron chi connectivity index (χ1n) is 5.06. The Labute approximate surface area is 92.0 Å². The summed E-state index contributed by atoms with van der Waals surface area (Å²) in [5.41, 5.74) is 3.31. The molecule has 1 atom stereocenters. The van der Waals surface area contributed by atoms with Crippen LogP contribution in [0.5, 0.6) is 0 Å². The van der Waals surface area contributed by atoms with Crippen molar-refractivity contribution < 1.29 is 17.9 Å². The zero-order chi connectivity index (χ0) is 12.4. The van der Waals surface area contributed by atoms with Crippen molar-refractivity contribution in [3.8, 4) is 0 Å². The molecule has 0 aromatic carbocycles. The minimum absolute atomic E-state index is 0.0733. The number of nitrogens with zero attached hydrogens (tertiary/aromatic N) is 1. The van der Waals surface area contributed by atoms with Crippen molar-refractivity contribution in [2.24, 2.45) is 11.1 Å². The van der Waals surface area contributed by atoms with Gasteiger partial charge in [-0.1, -0.05) is 0 Å². The van der Waals surface area contributed by atoms with Crippen molar-refractivity contribution in [1.29, 1.82) is 5.41 Å². The van der Waals surface area contributed by atoms with Gasteiger partial charge in [-0.05, 0) is 13.3 Å². The second-order valence-corrected chi connectivity index (χ2v) is 3.97. The maximum atomic E-state index is 13.0. The van der Waals surface area contributed by atoms with Crippen LogP contribution in [0.25, 0.3) is 0 Å². The molecule has 0 bridgehead atoms. The number of nitrogens with two attached hydrogens (primary N) is 1. The van der Waals surface area contributed by atoms with Crippen LogP contribution in [0.2, 0.25) is 0 Å². The number of halogens is 3. The summed E-state index contributed by atoms with van der Waals surface area (Å²) in [7, 11) is 0. The van der Waals surface area contributed by atoms with Gasteiger partial charge in [-0.25, -0.2) is 0 Å². The third-order valence-electron chi connectivity index (χ3n) is 2.88. The molecule has 1 heterocycles. The number of guanidine groups is 1. The number of nitrogens with one attached hydrogen (secondary N) is 1. The van der Waals surface area contributed by atoms with E-state index in [1.807, 2.05) is 0 Å². The minimum atomic E-state index is -4.33. The van der Waals surface area contributed by atoms with Crippen LogP contribution in [0.15, 0.2) is 0 Å². The van der Waals surface area contributed by atoms with Gasteiger partial charge in [0.15, 0.2) is 5.96 Å². The minimum Gasteiger partial charge on any atom is -0.381 e. The highest BCUT2D eigenvalue weighted by Gasteiger charge is 2.58. The van der Waals surface area contributed by atoms with Gasteiger partial charge in [0, 0.05) is 19.7 Å². The van der Waals surface area contributed by atoms with E-state index in [2.05, 4.69) is 0 Å². The average Bonchev–Trinajstić information content (AvgIpc) is 2.59. The molecule has 1 unspecified atom stereocenters. The SMILES string of the molecule is CCOCC1(C(F)(F)F)CCN(C(=N)N)C1. The monoisotopic (exact) mass is 239 g/mol. The number of alkyl halides is 3. The first kappa shape index (κ1) is 13.1. The summed E-state index contributed by atoms with van der Waals surface area (Å²) < 4.78 is 43.8. The summed E-state index contributed by atoms with van der Waals surface area (Å²) in [6.07, 6.45) is -4.40. The molecule has 0 aromatic rings. The molecule has 0 amide bonds. The lowest BCUT2D eigenvalue weighted by atomic mass is 9.87. The van der Waals surface area contributed by atoms with E-state index < -0.39 is 11.6 Å². The van der Waals surface area contributed by atoms with Crippen molar-refractivity contribution in [2.75, 3.05) is 26.3 Å². The number of rotatable bonds is 3. The molecule has 1 aliphatic heterocycles. The van der Waals surface area contributed by atoms with E-state index in [4.69, 9.17) is 15.9 Å². The van der Waals surface area contributed by atoms with Gasteiger partial charge in [0.05, 0.1) is 6.61 Å². The first-order chi connectivity index (χ1) is 7.32. The summed E-state index contributed by atoms with van der Waals surface area (Å²) in [5, 5.41) is 7.15. The molecule has 94 valence electrons. The molecule has 0 aliphatic carbocycles. The molecule has 0 aromatic heterocycles. The molecule has 0 saturated carbocycles. The Morgan fingerprint density at radius 1 is 1.56 bits per heavy atom. The van der Waals surface area contributed by atoms with Crippen LogP contribution in [0.3, 0.4) is 0 Å².